The van der Waals surface area contributed by atoms with E-state index in [0.29, 0.717) is 5.92 Å². The molecule has 142 valence electrons. The van der Waals surface area contributed by atoms with E-state index in [4.69, 9.17) is 9.47 Å². The summed E-state index contributed by atoms with van der Waals surface area (Å²) in [6.45, 7) is 7.80. The minimum absolute atomic E-state index is 0.296. The lowest BCUT2D eigenvalue weighted by Crippen LogP contribution is -2.26. The molecule has 0 saturated carbocycles. The van der Waals surface area contributed by atoms with Gasteiger partial charge in [0.2, 0.25) is 0 Å². The van der Waals surface area contributed by atoms with Gasteiger partial charge in [0.15, 0.2) is 0 Å². The van der Waals surface area contributed by atoms with E-state index in [-0.39, 0.29) is 6.09 Å². The molecule has 0 fully saturated rings. The molecule has 2 aromatic carbocycles. The summed E-state index contributed by atoms with van der Waals surface area (Å²) < 4.78 is 12.3. The Kier molecular flexibility index (Phi) is 5.26. The van der Waals surface area contributed by atoms with Crippen molar-refractivity contribution in [2.45, 2.75) is 45.6 Å². The van der Waals surface area contributed by atoms with Gasteiger partial charge in [0.1, 0.15) is 11.4 Å². The highest BCUT2D eigenvalue weighted by molar-refractivity contribution is 5.90. The molecule has 27 heavy (non-hydrogen) atoms. The van der Waals surface area contributed by atoms with Crippen LogP contribution in [0.1, 0.15) is 51.2 Å². The molecule has 3 aromatic rings. The molecule has 0 unspecified atom stereocenters. The first-order chi connectivity index (χ1) is 12.8. The molecular weight excluding hydrogens is 338 g/mol. The van der Waals surface area contributed by atoms with Gasteiger partial charge in [-0.3, -0.25) is 4.57 Å². The van der Waals surface area contributed by atoms with Crippen molar-refractivity contribution in [3.8, 4) is 5.75 Å². The Morgan fingerprint density at radius 2 is 1.70 bits per heavy atom. The summed E-state index contributed by atoms with van der Waals surface area (Å²) in [6, 6.07) is 16.4. The zero-order valence-electron chi connectivity index (χ0n) is 16.7. The van der Waals surface area contributed by atoms with E-state index in [2.05, 4.69) is 31.2 Å². The van der Waals surface area contributed by atoms with Crippen molar-refractivity contribution < 1.29 is 14.3 Å². The van der Waals surface area contributed by atoms with E-state index in [9.17, 15) is 4.79 Å². The molecule has 1 atom stereocenters. The van der Waals surface area contributed by atoms with Crippen LogP contribution in [0.25, 0.3) is 10.9 Å². The quantitative estimate of drug-likeness (QED) is 0.571. The van der Waals surface area contributed by atoms with Crippen LogP contribution in [0.2, 0.25) is 0 Å². The van der Waals surface area contributed by atoms with Crippen LogP contribution in [-0.4, -0.2) is 23.4 Å². The van der Waals surface area contributed by atoms with Gasteiger partial charge in [-0.15, -0.1) is 0 Å². The Bertz CT molecular complexity index is 932. The fourth-order valence-electron chi connectivity index (χ4n) is 3.35. The van der Waals surface area contributed by atoms with Crippen LogP contribution in [-0.2, 0) is 4.74 Å². The third-order valence-corrected chi connectivity index (χ3v) is 4.63. The second-order valence-electron chi connectivity index (χ2n) is 7.72. The van der Waals surface area contributed by atoms with Crippen LogP contribution in [0.15, 0.2) is 54.7 Å². The topological polar surface area (TPSA) is 40.5 Å². The van der Waals surface area contributed by atoms with Crippen molar-refractivity contribution in [1.29, 1.82) is 0 Å². The molecule has 4 heteroatoms. The molecule has 3 rings (SSSR count). The zero-order valence-corrected chi connectivity index (χ0v) is 16.7. The van der Waals surface area contributed by atoms with Crippen molar-refractivity contribution in [2.75, 3.05) is 7.11 Å². The van der Waals surface area contributed by atoms with Crippen molar-refractivity contribution in [1.82, 2.24) is 4.57 Å². The molecule has 1 heterocycles. The number of hydrogen-bond donors (Lipinski definition) is 0. The van der Waals surface area contributed by atoms with Crippen LogP contribution in [0, 0.1) is 0 Å². The second kappa shape index (κ2) is 7.47. The molecule has 1 aromatic heterocycles. The first-order valence-electron chi connectivity index (χ1n) is 9.30. The minimum Gasteiger partial charge on any atom is -0.497 e. The van der Waals surface area contributed by atoms with Gasteiger partial charge in [-0.2, -0.15) is 0 Å². The zero-order chi connectivity index (χ0) is 19.6. The Hall–Kier alpha value is -2.75. The van der Waals surface area contributed by atoms with Gasteiger partial charge in [0.25, 0.3) is 0 Å². The van der Waals surface area contributed by atoms with Crippen molar-refractivity contribution in [3.63, 3.8) is 0 Å². The average molecular weight is 365 g/mol. The highest BCUT2D eigenvalue weighted by Crippen LogP contribution is 2.31. The summed E-state index contributed by atoms with van der Waals surface area (Å²) >= 11 is 0. The predicted molar refractivity (Wildman–Crippen MR) is 109 cm³/mol. The lowest BCUT2D eigenvalue weighted by molar-refractivity contribution is 0.0544. The maximum absolute atomic E-state index is 12.4. The van der Waals surface area contributed by atoms with E-state index in [1.807, 2.05) is 45.0 Å². The van der Waals surface area contributed by atoms with Gasteiger partial charge >= 0.3 is 6.09 Å². The van der Waals surface area contributed by atoms with Crippen molar-refractivity contribution >= 4 is 17.0 Å². The molecule has 0 bridgehead atoms. The monoisotopic (exact) mass is 365 g/mol. The fourth-order valence-corrected chi connectivity index (χ4v) is 3.35. The number of fused-ring (bicyclic) bond motifs is 1. The number of carbonyl (C=O) groups is 1. The van der Waals surface area contributed by atoms with Gasteiger partial charge in [-0.1, -0.05) is 25.1 Å². The number of carbonyl (C=O) groups excluding carboxylic acids is 1. The number of ether oxygens (including phenoxy) is 2. The lowest BCUT2D eigenvalue weighted by atomic mass is 9.88. The summed E-state index contributed by atoms with van der Waals surface area (Å²) in [6.07, 6.45) is 2.41. The van der Waals surface area contributed by atoms with Gasteiger partial charge in [0, 0.05) is 17.5 Å². The van der Waals surface area contributed by atoms with Gasteiger partial charge in [0.05, 0.1) is 12.6 Å². The smallest absolute Gasteiger partial charge is 0.418 e. The first kappa shape index (κ1) is 19.0. The molecule has 0 amide bonds. The van der Waals surface area contributed by atoms with Crippen molar-refractivity contribution in [3.05, 3.63) is 65.9 Å². The standard InChI is InChI=1S/C23H27NO3/c1-6-20(16-7-10-19(26-5)11-8-16)17-9-12-21-18(15-17)13-14-24(21)22(25)27-23(2,3)4/h7-15,20H,6H2,1-5H3/t20-/m0/s1. The summed E-state index contributed by atoms with van der Waals surface area (Å²) in [7, 11) is 1.68. The Morgan fingerprint density at radius 1 is 1.04 bits per heavy atom. The number of benzene rings is 2. The van der Waals surface area contributed by atoms with Crippen LogP contribution >= 0.6 is 0 Å². The molecule has 0 radical (unpaired) electrons. The normalized spacial score (nSPS) is 12.8. The maximum atomic E-state index is 12.4. The lowest BCUT2D eigenvalue weighted by Gasteiger charge is -2.20. The molecule has 0 saturated heterocycles. The van der Waals surface area contributed by atoms with E-state index in [1.54, 1.807) is 17.9 Å². The fraction of sp³-hybridized carbons (Fsp3) is 0.348. The van der Waals surface area contributed by atoms with Gasteiger partial charge in [-0.25, -0.2) is 4.79 Å². The summed E-state index contributed by atoms with van der Waals surface area (Å²) in [5, 5.41) is 1.03. The molecule has 0 aliphatic rings. The molecular formula is C23H27NO3. The highest BCUT2D eigenvalue weighted by Gasteiger charge is 2.20. The number of aromatic nitrogens is 1. The van der Waals surface area contributed by atoms with Crippen LogP contribution in [0.5, 0.6) is 5.75 Å². The van der Waals surface area contributed by atoms with E-state index in [1.165, 1.54) is 11.1 Å². The van der Waals surface area contributed by atoms with Crippen LogP contribution < -0.4 is 4.74 Å². The molecule has 0 N–H and O–H groups in total. The highest BCUT2D eigenvalue weighted by atomic mass is 16.6. The number of hydrogen-bond acceptors (Lipinski definition) is 3. The molecule has 4 nitrogen and oxygen atoms in total. The summed E-state index contributed by atoms with van der Waals surface area (Å²) in [4.78, 5) is 12.4. The van der Waals surface area contributed by atoms with Gasteiger partial charge in [-0.05, 0) is 68.7 Å². The van der Waals surface area contributed by atoms with E-state index >= 15 is 0 Å². The third-order valence-electron chi connectivity index (χ3n) is 4.63. The van der Waals surface area contributed by atoms with Crippen molar-refractivity contribution in [2.24, 2.45) is 0 Å². The Balaban J connectivity index is 1.92. The van der Waals surface area contributed by atoms with E-state index < -0.39 is 5.60 Å². The number of methoxy groups -OCH3 is 1. The van der Waals surface area contributed by atoms with Crippen LogP contribution in [0.4, 0.5) is 4.79 Å². The minimum atomic E-state index is -0.519. The average Bonchev–Trinajstić information content (AvgIpc) is 3.05. The molecule has 0 aliphatic heterocycles. The third kappa shape index (κ3) is 4.16. The summed E-state index contributed by atoms with van der Waals surface area (Å²) in [5.41, 5.74) is 2.83. The van der Waals surface area contributed by atoms with E-state index in [0.717, 1.165) is 23.1 Å². The van der Waals surface area contributed by atoms with Crippen LogP contribution in [0.3, 0.4) is 0 Å². The molecule has 0 spiro atoms. The predicted octanol–water partition coefficient (Wildman–Crippen LogP) is 5.98. The number of nitrogens with zero attached hydrogens (tertiary/aromatic N) is 1. The second-order valence-corrected chi connectivity index (χ2v) is 7.72. The SMILES string of the molecule is CC[C@@H](c1ccc(OC)cc1)c1ccc2c(ccn2C(=O)OC(C)(C)C)c1. The number of rotatable bonds is 4. The Morgan fingerprint density at radius 3 is 2.30 bits per heavy atom. The van der Waals surface area contributed by atoms with Gasteiger partial charge < -0.3 is 9.47 Å². The Labute approximate surface area is 160 Å². The largest absolute Gasteiger partial charge is 0.497 e. The summed E-state index contributed by atoms with van der Waals surface area (Å²) in [5.74, 6) is 1.16. The first-order valence-corrected chi connectivity index (χ1v) is 9.30. The molecule has 0 aliphatic carbocycles. The maximum Gasteiger partial charge on any atom is 0.418 e.